The molecule has 0 saturated carbocycles. The first kappa shape index (κ1) is 31.0. The molecule has 9 nitrogen and oxygen atoms in total. The van der Waals surface area contributed by atoms with Crippen LogP contribution < -0.4 is 20.4 Å². The predicted octanol–water partition coefficient (Wildman–Crippen LogP) is 7.13. The van der Waals surface area contributed by atoms with Gasteiger partial charge in [-0.1, -0.05) is 36.4 Å². The first-order chi connectivity index (χ1) is 24.0. The van der Waals surface area contributed by atoms with Crippen LogP contribution in [0.4, 0.5) is 22.9 Å². The molecule has 1 spiro atoms. The molecule has 10 heteroatoms. The van der Waals surface area contributed by atoms with E-state index < -0.39 is 0 Å². The number of pyridine rings is 1. The smallest absolute Gasteiger partial charge is 0.265 e. The highest BCUT2D eigenvalue weighted by atomic mass is 32.1. The van der Waals surface area contributed by atoms with Crippen LogP contribution in [0.3, 0.4) is 0 Å². The number of thiophene rings is 1. The number of rotatable bonds is 6. The summed E-state index contributed by atoms with van der Waals surface area (Å²) in [5, 5.41) is 5.98. The molecule has 5 aromatic rings. The molecule has 2 aromatic heterocycles. The van der Waals surface area contributed by atoms with Crippen LogP contribution in [0.5, 0.6) is 0 Å². The predicted molar refractivity (Wildman–Crippen MR) is 193 cm³/mol. The number of hydrogen-bond acceptors (Lipinski definition) is 7. The quantitative estimate of drug-likeness (QED) is 0.199. The Labute approximate surface area is 288 Å². The van der Waals surface area contributed by atoms with Crippen molar-refractivity contribution in [3.8, 4) is 10.4 Å². The fourth-order valence-corrected chi connectivity index (χ4v) is 8.18. The molecule has 8 rings (SSSR count). The lowest BCUT2D eigenvalue weighted by Gasteiger charge is -2.53. The SMILES string of the molecule is O=C(Nc1ccccc1)c1cc2c(s1)-c1ccccc1N(C(=O)c1ccc(NC(=O)c3cccnc3N3CC4(CCOCC4)C3)cc1)CC2. The first-order valence-electron chi connectivity index (χ1n) is 16.6. The van der Waals surface area contributed by atoms with Gasteiger partial charge in [0.25, 0.3) is 17.7 Å². The van der Waals surface area contributed by atoms with Gasteiger partial charge in [0.15, 0.2) is 0 Å². The summed E-state index contributed by atoms with van der Waals surface area (Å²) in [6.45, 7) is 3.80. The molecule has 2 fully saturated rings. The van der Waals surface area contributed by atoms with Crippen LogP contribution in [-0.2, 0) is 11.2 Å². The third kappa shape index (κ3) is 6.09. The van der Waals surface area contributed by atoms with E-state index in [0.29, 0.717) is 40.5 Å². The second kappa shape index (κ2) is 12.9. The van der Waals surface area contributed by atoms with Crippen molar-refractivity contribution >= 4 is 51.9 Å². The van der Waals surface area contributed by atoms with Crippen LogP contribution in [0.15, 0.2) is 103 Å². The zero-order valence-corrected chi connectivity index (χ0v) is 27.7. The van der Waals surface area contributed by atoms with Crippen molar-refractivity contribution in [1.29, 1.82) is 0 Å². The Hall–Kier alpha value is -5.32. The number of ether oxygens (including phenoxy) is 1. The van der Waals surface area contributed by atoms with Crippen LogP contribution in [0.1, 0.15) is 48.8 Å². The molecule has 0 aliphatic carbocycles. The van der Waals surface area contributed by atoms with E-state index in [4.69, 9.17) is 4.74 Å². The lowest BCUT2D eigenvalue weighted by atomic mass is 9.73. The van der Waals surface area contributed by atoms with Crippen molar-refractivity contribution < 1.29 is 19.1 Å². The van der Waals surface area contributed by atoms with E-state index in [9.17, 15) is 14.4 Å². The number of fused-ring (bicyclic) bond motifs is 3. The van der Waals surface area contributed by atoms with Gasteiger partial charge in [0.1, 0.15) is 5.82 Å². The fourth-order valence-electron chi connectivity index (χ4n) is 7.04. The lowest BCUT2D eigenvalue weighted by molar-refractivity contribution is -0.000510. The van der Waals surface area contributed by atoms with Crippen molar-refractivity contribution in [2.24, 2.45) is 5.41 Å². The van der Waals surface area contributed by atoms with Crippen LogP contribution in [-0.4, -0.2) is 55.6 Å². The van der Waals surface area contributed by atoms with Crippen molar-refractivity contribution in [1.82, 2.24) is 4.98 Å². The highest BCUT2D eigenvalue weighted by Crippen LogP contribution is 2.43. The Morgan fingerprint density at radius 1 is 0.796 bits per heavy atom. The Bertz CT molecular complexity index is 2030. The van der Waals surface area contributed by atoms with E-state index in [2.05, 4.69) is 20.5 Å². The molecule has 3 aliphatic heterocycles. The second-order valence-electron chi connectivity index (χ2n) is 12.9. The third-order valence-electron chi connectivity index (χ3n) is 9.68. The Kier molecular flexibility index (Phi) is 8.18. The molecule has 2 N–H and O–H groups in total. The van der Waals surface area contributed by atoms with Crippen LogP contribution in [0.2, 0.25) is 0 Å². The number of nitrogens with one attached hydrogen (secondary N) is 2. The summed E-state index contributed by atoms with van der Waals surface area (Å²) < 4.78 is 5.55. The molecule has 0 bridgehead atoms. The van der Waals surface area contributed by atoms with Gasteiger partial charge in [-0.2, -0.15) is 0 Å². The largest absolute Gasteiger partial charge is 0.381 e. The van der Waals surface area contributed by atoms with E-state index in [1.54, 1.807) is 47.5 Å². The molecule has 0 radical (unpaired) electrons. The maximum atomic E-state index is 14.0. The topological polar surface area (TPSA) is 104 Å². The van der Waals surface area contributed by atoms with Crippen molar-refractivity contribution in [2.75, 3.05) is 53.3 Å². The summed E-state index contributed by atoms with van der Waals surface area (Å²) in [4.78, 5) is 50.7. The summed E-state index contributed by atoms with van der Waals surface area (Å²) in [6.07, 6.45) is 4.41. The summed E-state index contributed by atoms with van der Waals surface area (Å²) in [5.41, 5.74) is 5.42. The van der Waals surface area contributed by atoms with Gasteiger partial charge in [-0.25, -0.2) is 4.98 Å². The number of hydrogen-bond donors (Lipinski definition) is 2. The number of aromatic nitrogens is 1. The number of para-hydroxylation sites is 2. The number of amides is 3. The molecule has 0 atom stereocenters. The lowest BCUT2D eigenvalue weighted by Crippen LogP contribution is -2.59. The molecule has 3 amide bonds. The van der Waals surface area contributed by atoms with Crippen LogP contribution in [0.25, 0.3) is 10.4 Å². The number of nitrogens with zero attached hydrogens (tertiary/aromatic N) is 3. The van der Waals surface area contributed by atoms with E-state index in [-0.39, 0.29) is 23.1 Å². The monoisotopic (exact) mass is 669 g/mol. The standard InChI is InChI=1S/C39H35N5O4S/c45-36(31-10-6-19-40-35(31)43-24-39(25-43)17-21-48-22-18-39)41-29-14-12-26(13-15-29)38(47)44-20-16-27-23-33(37(46)42-28-7-2-1-3-8-28)49-34(27)30-9-4-5-11-32(30)44/h1-15,19,23H,16-18,20-22,24-25H2,(H,41,45)(H,42,46). The molecular formula is C39H35N5O4S. The van der Waals surface area contributed by atoms with Crippen molar-refractivity contribution in [3.05, 3.63) is 125 Å². The Balaban J connectivity index is 0.965. The van der Waals surface area contributed by atoms with E-state index >= 15 is 0 Å². The molecule has 246 valence electrons. The third-order valence-corrected chi connectivity index (χ3v) is 10.9. The van der Waals surface area contributed by atoms with Gasteiger partial charge in [0, 0.05) is 71.8 Å². The summed E-state index contributed by atoms with van der Waals surface area (Å²) >= 11 is 1.44. The van der Waals surface area contributed by atoms with E-state index in [0.717, 1.165) is 66.5 Å². The molecular weight excluding hydrogens is 635 g/mol. The van der Waals surface area contributed by atoms with Crippen LogP contribution >= 0.6 is 11.3 Å². The Morgan fingerprint density at radius 3 is 2.31 bits per heavy atom. The highest BCUT2D eigenvalue weighted by Gasteiger charge is 2.45. The maximum absolute atomic E-state index is 14.0. The molecule has 3 aromatic carbocycles. The minimum absolute atomic E-state index is 0.128. The average molecular weight is 670 g/mol. The fraction of sp³-hybridized carbons (Fsp3) is 0.231. The van der Waals surface area contributed by atoms with Gasteiger partial charge in [-0.3, -0.25) is 14.4 Å². The zero-order chi connectivity index (χ0) is 33.4. The second-order valence-corrected chi connectivity index (χ2v) is 13.9. The number of anilines is 4. The molecule has 0 unspecified atom stereocenters. The number of carbonyl (C=O) groups excluding carboxylic acids is 3. The van der Waals surface area contributed by atoms with E-state index in [1.807, 2.05) is 60.7 Å². The minimum Gasteiger partial charge on any atom is -0.381 e. The number of carbonyl (C=O) groups is 3. The van der Waals surface area contributed by atoms with Gasteiger partial charge in [-0.15, -0.1) is 11.3 Å². The van der Waals surface area contributed by atoms with Gasteiger partial charge in [-0.05, 0) is 85.5 Å². The zero-order valence-electron chi connectivity index (χ0n) is 26.9. The molecule has 5 heterocycles. The van der Waals surface area contributed by atoms with Crippen molar-refractivity contribution in [3.63, 3.8) is 0 Å². The minimum atomic E-state index is -0.237. The van der Waals surface area contributed by atoms with Gasteiger partial charge in [0.2, 0.25) is 0 Å². The average Bonchev–Trinajstić information content (AvgIpc) is 3.49. The molecule has 49 heavy (non-hydrogen) atoms. The maximum Gasteiger partial charge on any atom is 0.265 e. The summed E-state index contributed by atoms with van der Waals surface area (Å²) in [5.74, 6) is 0.183. The molecule has 3 aliphatic rings. The van der Waals surface area contributed by atoms with Gasteiger partial charge < -0.3 is 25.2 Å². The summed E-state index contributed by atoms with van der Waals surface area (Å²) in [7, 11) is 0. The Morgan fingerprint density at radius 2 is 1.51 bits per heavy atom. The molecule has 2 saturated heterocycles. The van der Waals surface area contributed by atoms with E-state index in [1.165, 1.54) is 11.3 Å². The summed E-state index contributed by atoms with van der Waals surface area (Å²) in [6, 6.07) is 29.8. The van der Waals surface area contributed by atoms with Gasteiger partial charge in [0.05, 0.1) is 16.1 Å². The highest BCUT2D eigenvalue weighted by molar-refractivity contribution is 7.17. The normalized spacial score (nSPS) is 16.2. The van der Waals surface area contributed by atoms with Gasteiger partial charge >= 0.3 is 0 Å². The van der Waals surface area contributed by atoms with Crippen LogP contribution in [0, 0.1) is 5.41 Å². The number of benzene rings is 3. The van der Waals surface area contributed by atoms with Crippen molar-refractivity contribution in [2.45, 2.75) is 19.3 Å². The first-order valence-corrected chi connectivity index (χ1v) is 17.4.